The predicted molar refractivity (Wildman–Crippen MR) is 192 cm³/mol. The Morgan fingerprint density at radius 1 is 0.617 bits per heavy atom. The molecule has 2 aromatic carbocycles. The Labute approximate surface area is 316 Å². The van der Waals surface area contributed by atoms with Crippen molar-refractivity contribution in [1.29, 1.82) is 0 Å². The van der Waals surface area contributed by atoms with Gasteiger partial charge in [-0.05, 0) is 39.4 Å². The van der Waals surface area contributed by atoms with Gasteiger partial charge in [0.25, 0.3) is 0 Å². The molecule has 4 fully saturated rings. The molecule has 0 atom stereocenters. The van der Waals surface area contributed by atoms with Crippen LogP contribution in [0.5, 0.6) is 0 Å². The molecule has 6 aliphatic carbocycles. The molecular formula is C44H60Cl2Zr-2. The number of benzene rings is 2. The summed E-state index contributed by atoms with van der Waals surface area (Å²) in [6, 6.07) is 11.4. The van der Waals surface area contributed by atoms with Crippen LogP contribution >= 0.6 is 0 Å². The first-order chi connectivity index (χ1) is 20.7. The van der Waals surface area contributed by atoms with E-state index in [1.54, 1.807) is 56.3 Å². The van der Waals surface area contributed by atoms with Crippen LogP contribution in [-0.4, -0.2) is 3.21 Å². The molecule has 8 rings (SSSR count). The summed E-state index contributed by atoms with van der Waals surface area (Å²) in [5.41, 5.74) is 11.9. The van der Waals surface area contributed by atoms with Crippen molar-refractivity contribution in [3.8, 4) is 11.1 Å². The number of allylic oxidation sites excluding steroid dienone is 4. The summed E-state index contributed by atoms with van der Waals surface area (Å²) < 4.78 is 1.96. The second-order valence-electron chi connectivity index (χ2n) is 18.9. The Kier molecular flexibility index (Phi) is 12.9. The quantitative estimate of drug-likeness (QED) is 0.258. The van der Waals surface area contributed by atoms with E-state index in [1.807, 2.05) is 15.4 Å². The molecule has 3 heteroatoms. The first-order valence-corrected chi connectivity index (χ1v) is 19.0. The molecule has 0 aliphatic heterocycles. The molecule has 0 nitrogen and oxygen atoms in total. The van der Waals surface area contributed by atoms with Crippen molar-refractivity contribution in [3.63, 3.8) is 0 Å². The average Bonchev–Trinajstić information content (AvgIpc) is 3.59. The topological polar surface area (TPSA) is 0 Å². The van der Waals surface area contributed by atoms with Gasteiger partial charge in [0.05, 0.1) is 0 Å². The van der Waals surface area contributed by atoms with E-state index >= 15 is 0 Å². The summed E-state index contributed by atoms with van der Waals surface area (Å²) in [6.45, 7) is 28.0. The van der Waals surface area contributed by atoms with E-state index in [4.69, 9.17) is 0 Å². The molecule has 256 valence electrons. The molecule has 0 amide bonds. The average molecular weight is 751 g/mol. The van der Waals surface area contributed by atoms with Gasteiger partial charge in [-0.1, -0.05) is 106 Å². The van der Waals surface area contributed by atoms with Gasteiger partial charge in [-0.15, -0.1) is 23.1 Å². The van der Waals surface area contributed by atoms with Gasteiger partial charge in [0.1, 0.15) is 0 Å². The van der Waals surface area contributed by atoms with Gasteiger partial charge in [-0.3, -0.25) is 6.08 Å². The fraction of sp³-hybridized carbons (Fsp3) is 0.614. The van der Waals surface area contributed by atoms with Crippen molar-refractivity contribution in [2.45, 2.75) is 150 Å². The van der Waals surface area contributed by atoms with Crippen LogP contribution in [0.15, 0.2) is 36.4 Å². The summed E-state index contributed by atoms with van der Waals surface area (Å²) in [4.78, 5) is 0. The maximum absolute atomic E-state index is 3.90. The predicted octanol–water partition coefficient (Wildman–Crippen LogP) is 5.72. The zero-order chi connectivity index (χ0) is 33.1. The van der Waals surface area contributed by atoms with E-state index < -0.39 is 0 Å². The molecule has 0 aromatic heterocycles. The van der Waals surface area contributed by atoms with E-state index in [9.17, 15) is 0 Å². The van der Waals surface area contributed by atoms with E-state index in [0.717, 1.165) is 36.5 Å². The van der Waals surface area contributed by atoms with Gasteiger partial charge >= 0.3 is 83.2 Å². The molecule has 0 radical (unpaired) electrons. The zero-order valence-corrected chi connectivity index (χ0v) is 35.4. The van der Waals surface area contributed by atoms with Crippen molar-refractivity contribution in [1.82, 2.24) is 0 Å². The summed E-state index contributed by atoms with van der Waals surface area (Å²) >= 11 is 1.76. The Morgan fingerprint density at radius 3 is 1.51 bits per heavy atom. The van der Waals surface area contributed by atoms with Crippen LogP contribution in [0.3, 0.4) is 0 Å². The summed E-state index contributed by atoms with van der Waals surface area (Å²) in [5, 5.41) is 0. The zero-order valence-electron chi connectivity index (χ0n) is 31.5. The SMILES string of the molecule is CC(C)(C)c1[c-]c2c(cc1C(C)(C)C)-c1cc(C(C)(C)C)c(C(C)(C)C)cc1C2.[C-]1=CC=CC1.[Cl-].[Cl-].[Zr+2]=[C]1C2CC3CC(C2)CC1C3. The Morgan fingerprint density at radius 2 is 1.11 bits per heavy atom. The van der Waals surface area contributed by atoms with Crippen LogP contribution in [0, 0.1) is 35.8 Å². The molecule has 4 bridgehead atoms. The maximum atomic E-state index is 3.90. The van der Waals surface area contributed by atoms with Crippen molar-refractivity contribution in [3.05, 3.63) is 82.0 Å². The van der Waals surface area contributed by atoms with Gasteiger partial charge in [0.15, 0.2) is 0 Å². The van der Waals surface area contributed by atoms with Crippen LogP contribution in [-0.2, 0) is 52.3 Å². The van der Waals surface area contributed by atoms with Crippen molar-refractivity contribution in [2.24, 2.45) is 23.7 Å². The van der Waals surface area contributed by atoms with Crippen LogP contribution in [0.25, 0.3) is 11.1 Å². The summed E-state index contributed by atoms with van der Waals surface area (Å²) in [6.07, 6.45) is 18.9. The van der Waals surface area contributed by atoms with Crippen LogP contribution < -0.4 is 24.8 Å². The van der Waals surface area contributed by atoms with Crippen molar-refractivity contribution >= 4 is 3.21 Å². The molecule has 0 unspecified atom stereocenters. The molecule has 6 aliphatic rings. The van der Waals surface area contributed by atoms with Gasteiger partial charge in [0, 0.05) is 0 Å². The van der Waals surface area contributed by atoms with Gasteiger partial charge in [-0.2, -0.15) is 23.8 Å². The van der Waals surface area contributed by atoms with Crippen LogP contribution in [0.4, 0.5) is 0 Å². The fourth-order valence-corrected chi connectivity index (χ4v) is 9.82. The second kappa shape index (κ2) is 14.8. The molecule has 2 aromatic rings. The number of rotatable bonds is 0. The Bertz CT molecular complexity index is 1370. The molecule has 47 heavy (non-hydrogen) atoms. The number of fused-ring (bicyclic) bond motifs is 3. The van der Waals surface area contributed by atoms with E-state index in [1.165, 1.54) is 44.5 Å². The Hall–Kier alpha value is -0.747. The minimum atomic E-state index is 0. The van der Waals surface area contributed by atoms with Crippen molar-refractivity contribution < 1.29 is 49.0 Å². The van der Waals surface area contributed by atoms with Gasteiger partial charge in [0.2, 0.25) is 0 Å². The third-order valence-corrected chi connectivity index (χ3v) is 12.8. The summed E-state index contributed by atoms with van der Waals surface area (Å²) in [7, 11) is 0. The fourth-order valence-electron chi connectivity index (χ4n) is 8.66. The molecular weight excluding hydrogens is 691 g/mol. The van der Waals surface area contributed by atoms with Crippen LogP contribution in [0.1, 0.15) is 155 Å². The van der Waals surface area contributed by atoms with E-state index in [0.29, 0.717) is 0 Å². The normalized spacial score (nSPS) is 23.6. The monoisotopic (exact) mass is 748 g/mol. The number of hydrogen-bond donors (Lipinski definition) is 0. The van der Waals surface area contributed by atoms with Gasteiger partial charge in [-0.25, -0.2) is 12.2 Å². The molecule has 0 N–H and O–H groups in total. The third kappa shape index (κ3) is 9.14. The van der Waals surface area contributed by atoms with E-state index in [2.05, 4.69) is 120 Å². The number of halogens is 2. The minimum absolute atomic E-state index is 0. The second-order valence-corrected chi connectivity index (χ2v) is 20.4. The van der Waals surface area contributed by atoms with Crippen LogP contribution in [0.2, 0.25) is 0 Å². The third-order valence-electron chi connectivity index (χ3n) is 10.8. The first kappa shape index (κ1) is 40.7. The summed E-state index contributed by atoms with van der Waals surface area (Å²) in [5.74, 6) is 4.51. The van der Waals surface area contributed by atoms with E-state index in [-0.39, 0.29) is 46.5 Å². The number of hydrogen-bond acceptors (Lipinski definition) is 0. The molecule has 0 heterocycles. The van der Waals surface area contributed by atoms with Gasteiger partial charge < -0.3 is 24.8 Å². The van der Waals surface area contributed by atoms with Crippen molar-refractivity contribution in [2.75, 3.05) is 0 Å². The first-order valence-electron chi connectivity index (χ1n) is 17.8. The standard InChI is InChI=1S/C29H41.C10H14.C5H5.2ClH.Zr/c1-26(2,3)22-14-18-13-19-15-23(27(4,5)6)25(29(10,11)12)17-21(19)20(18)16-24(22)28(7,8)9;1-7-2-9-4-8(1)5-10(3-7)6-9;1-2-4-5-3-1;;;/h14,16-17H,13H2,1-12H3;7-10H,1-5H2;1-3H,4H2;2*1H;/q-1;;-1;;;+2/p-2. The molecule has 0 spiro atoms. The molecule has 4 saturated carbocycles. The Balaban J connectivity index is 0.000000270. The molecule has 0 saturated heterocycles.